The van der Waals surface area contributed by atoms with Crippen LogP contribution in [0.2, 0.25) is 0 Å². The zero-order valence-electron chi connectivity index (χ0n) is 25.8. The zero-order chi connectivity index (χ0) is 34.7. The summed E-state index contributed by atoms with van der Waals surface area (Å²) >= 11 is 0. The van der Waals surface area contributed by atoms with Gasteiger partial charge in [-0.25, -0.2) is 8.78 Å². The van der Waals surface area contributed by atoms with E-state index < -0.39 is 74.8 Å². The quantitative estimate of drug-likeness (QED) is 0.144. The number of ether oxygens (including phenoxy) is 3. The third-order valence-electron chi connectivity index (χ3n) is 8.85. The van der Waals surface area contributed by atoms with Crippen molar-refractivity contribution in [2.45, 2.75) is 120 Å². The predicted molar refractivity (Wildman–Crippen MR) is 155 cm³/mol. The highest BCUT2D eigenvalue weighted by Gasteiger charge is 2.69. The molecule has 0 unspecified atom stereocenters. The van der Waals surface area contributed by atoms with Gasteiger partial charge >= 0.3 is 22.4 Å². The highest BCUT2D eigenvalue weighted by Crippen LogP contribution is 3.02. The third-order valence-corrected chi connectivity index (χ3v) is 10.0. The normalized spacial score (nSPS) is 24.4. The van der Waals surface area contributed by atoms with Crippen molar-refractivity contribution in [3.63, 3.8) is 0 Å². The van der Waals surface area contributed by atoms with Crippen LogP contribution in [-0.4, -0.2) is 18.3 Å². The molecule has 0 bridgehead atoms. The molecule has 268 valence electrons. The number of benzene rings is 2. The van der Waals surface area contributed by atoms with Gasteiger partial charge in [-0.05, 0) is 99.2 Å². The standard InChI is InChI=1S/C32H39F11O3S/c1-2-3-4-5-21-6-8-23(9-7-21)31(35,36)45-26-12-10-24(11-13-26)32(37,38)46-27-16-14-25(15-17-27)44-20-22-18-28(33)30(29(34)19-22)47(39,40,41,42)43/h10-13,18-19,21,23,25,27H,2-9,14-17,20H2,1H3. The van der Waals surface area contributed by atoms with Crippen LogP contribution in [0.1, 0.15) is 95.1 Å². The molecule has 0 saturated heterocycles. The van der Waals surface area contributed by atoms with Crippen LogP contribution >= 0.6 is 10.2 Å². The monoisotopic (exact) mass is 712 g/mol. The van der Waals surface area contributed by atoms with Crippen LogP contribution in [0.4, 0.5) is 45.8 Å². The summed E-state index contributed by atoms with van der Waals surface area (Å²) in [6.45, 7) is 1.51. The SMILES string of the molecule is CCCCCC1CCC(C(F)(F)Oc2ccc(C(F)(F)OC3CCC(OCc4cc(F)c(S(F)(F)(F)(F)F)c(F)c4)CC3)cc2)CC1. The second-order valence-electron chi connectivity index (χ2n) is 12.6. The lowest BCUT2D eigenvalue weighted by Gasteiger charge is -2.40. The highest BCUT2D eigenvalue weighted by molar-refractivity contribution is 8.45. The molecular formula is C32H39F11O3S. The molecule has 0 N–H and O–H groups in total. The predicted octanol–water partition coefficient (Wildman–Crippen LogP) is 12.6. The van der Waals surface area contributed by atoms with E-state index in [9.17, 15) is 45.8 Å². The molecule has 0 amide bonds. The minimum absolute atomic E-state index is 0.0698. The molecule has 2 fully saturated rings. The number of halogens is 11. The molecule has 0 radical (unpaired) electrons. The Morgan fingerprint density at radius 3 is 1.83 bits per heavy atom. The van der Waals surface area contributed by atoms with Gasteiger partial charge in [0, 0.05) is 0 Å². The van der Waals surface area contributed by atoms with E-state index in [-0.39, 0.29) is 43.6 Å². The van der Waals surface area contributed by atoms with E-state index in [0.29, 0.717) is 31.6 Å². The van der Waals surface area contributed by atoms with Gasteiger partial charge in [0.2, 0.25) is 0 Å². The molecule has 47 heavy (non-hydrogen) atoms. The van der Waals surface area contributed by atoms with Gasteiger partial charge in [-0.3, -0.25) is 0 Å². The van der Waals surface area contributed by atoms with Gasteiger partial charge in [-0.15, -0.1) is 0 Å². The first-order chi connectivity index (χ1) is 21.7. The van der Waals surface area contributed by atoms with E-state index in [1.807, 2.05) is 0 Å². The van der Waals surface area contributed by atoms with Crippen molar-refractivity contribution in [1.29, 1.82) is 0 Å². The molecule has 15 heteroatoms. The second kappa shape index (κ2) is 13.6. The fourth-order valence-corrected chi connectivity index (χ4v) is 7.16. The average Bonchev–Trinajstić information content (AvgIpc) is 2.95. The topological polar surface area (TPSA) is 27.7 Å². The summed E-state index contributed by atoms with van der Waals surface area (Å²) in [6.07, 6.45) is -1.93. The number of rotatable bonds is 14. The van der Waals surface area contributed by atoms with Crippen LogP contribution in [0.25, 0.3) is 0 Å². The summed E-state index contributed by atoms with van der Waals surface area (Å²) < 4.78 is 167. The van der Waals surface area contributed by atoms with E-state index in [4.69, 9.17) is 14.2 Å². The van der Waals surface area contributed by atoms with E-state index in [2.05, 4.69) is 6.92 Å². The van der Waals surface area contributed by atoms with Crippen LogP contribution < -0.4 is 4.74 Å². The van der Waals surface area contributed by atoms with Crippen molar-refractivity contribution in [2.75, 3.05) is 0 Å². The first kappa shape index (κ1) is 37.6. The largest absolute Gasteiger partial charge is 0.432 e. The average molecular weight is 713 g/mol. The fraction of sp³-hybridized carbons (Fsp3) is 0.625. The summed E-state index contributed by atoms with van der Waals surface area (Å²) in [5.74, 6) is -5.71. The Bertz CT molecular complexity index is 1320. The van der Waals surface area contributed by atoms with Crippen LogP contribution in [0, 0.1) is 23.5 Å². The maximum Gasteiger partial charge on any atom is 0.400 e. The Labute approximate surface area is 266 Å². The minimum Gasteiger partial charge on any atom is -0.432 e. The Hall–Kier alpha value is -2.26. The van der Waals surface area contributed by atoms with E-state index in [0.717, 1.165) is 49.9 Å². The third kappa shape index (κ3) is 10.4. The van der Waals surface area contributed by atoms with Crippen molar-refractivity contribution in [2.24, 2.45) is 11.8 Å². The molecule has 2 aromatic carbocycles. The van der Waals surface area contributed by atoms with Gasteiger partial charge in [0.25, 0.3) is 0 Å². The fourth-order valence-electron chi connectivity index (χ4n) is 6.30. The van der Waals surface area contributed by atoms with Crippen LogP contribution in [-0.2, 0) is 22.2 Å². The van der Waals surface area contributed by atoms with Crippen molar-refractivity contribution < 1.29 is 60.0 Å². The Kier molecular flexibility index (Phi) is 10.8. The van der Waals surface area contributed by atoms with E-state index >= 15 is 0 Å². The summed E-state index contributed by atoms with van der Waals surface area (Å²) in [5, 5.41) is 0. The van der Waals surface area contributed by atoms with Gasteiger partial charge in [0.05, 0.1) is 30.3 Å². The number of hydrogen-bond acceptors (Lipinski definition) is 3. The lowest BCUT2D eigenvalue weighted by molar-refractivity contribution is -0.279. The molecule has 2 saturated carbocycles. The Morgan fingerprint density at radius 1 is 0.745 bits per heavy atom. The van der Waals surface area contributed by atoms with Crippen LogP contribution in [0.3, 0.4) is 0 Å². The zero-order valence-corrected chi connectivity index (χ0v) is 26.6. The minimum atomic E-state index is -10.6. The molecule has 0 spiro atoms. The van der Waals surface area contributed by atoms with E-state index in [1.54, 1.807) is 0 Å². The van der Waals surface area contributed by atoms with Gasteiger partial charge in [0.15, 0.2) is 4.90 Å². The number of unbranched alkanes of at least 4 members (excludes halogenated alkanes) is 2. The molecule has 2 aromatic rings. The molecule has 2 aliphatic carbocycles. The van der Waals surface area contributed by atoms with Crippen molar-refractivity contribution in [1.82, 2.24) is 0 Å². The van der Waals surface area contributed by atoms with E-state index in [1.165, 1.54) is 0 Å². The molecule has 0 aromatic heterocycles. The van der Waals surface area contributed by atoms with Crippen molar-refractivity contribution >= 4 is 10.2 Å². The summed E-state index contributed by atoms with van der Waals surface area (Å²) in [5.41, 5.74) is -1.02. The van der Waals surface area contributed by atoms with Gasteiger partial charge < -0.3 is 14.2 Å². The molecule has 0 atom stereocenters. The maximum absolute atomic E-state index is 14.9. The van der Waals surface area contributed by atoms with Gasteiger partial charge in [-0.2, -0.15) is 17.6 Å². The first-order valence-electron chi connectivity index (χ1n) is 15.7. The summed E-state index contributed by atoms with van der Waals surface area (Å²) in [7, 11) is -10.6. The second-order valence-corrected chi connectivity index (χ2v) is 14.9. The molecule has 0 aliphatic heterocycles. The molecule has 3 nitrogen and oxygen atoms in total. The Morgan fingerprint density at radius 2 is 1.30 bits per heavy atom. The van der Waals surface area contributed by atoms with Crippen LogP contribution in [0.5, 0.6) is 5.75 Å². The molecule has 4 rings (SSSR count). The summed E-state index contributed by atoms with van der Waals surface area (Å²) in [6, 6.07) is 4.21. The maximum atomic E-state index is 14.9. The smallest absolute Gasteiger partial charge is 0.400 e. The number of alkyl halides is 4. The lowest BCUT2D eigenvalue weighted by Crippen LogP contribution is -2.37. The summed E-state index contributed by atoms with van der Waals surface area (Å²) in [4.78, 5) is -3.22. The first-order valence-corrected chi connectivity index (χ1v) is 17.7. The lowest BCUT2D eigenvalue weighted by atomic mass is 9.79. The van der Waals surface area contributed by atoms with Gasteiger partial charge in [0.1, 0.15) is 17.4 Å². The van der Waals surface area contributed by atoms with Gasteiger partial charge in [-0.1, -0.05) is 52.0 Å². The number of hydrogen-bond donors (Lipinski definition) is 0. The van der Waals surface area contributed by atoms with Crippen molar-refractivity contribution in [3.8, 4) is 5.75 Å². The van der Waals surface area contributed by atoms with Crippen LogP contribution in [0.15, 0.2) is 41.3 Å². The molecule has 2 aliphatic rings. The molecular weight excluding hydrogens is 673 g/mol. The highest BCUT2D eigenvalue weighted by atomic mass is 32.5. The molecule has 0 heterocycles. The van der Waals surface area contributed by atoms with Crippen molar-refractivity contribution in [3.05, 3.63) is 59.2 Å². The Balaban J connectivity index is 1.24.